The van der Waals surface area contributed by atoms with Crippen LogP contribution in [-0.4, -0.2) is 17.1 Å². The third-order valence-corrected chi connectivity index (χ3v) is 3.85. The van der Waals surface area contributed by atoms with Crippen LogP contribution in [0, 0.1) is 0 Å². The Bertz CT molecular complexity index is 950. The van der Waals surface area contributed by atoms with Gasteiger partial charge in [-0.25, -0.2) is 4.98 Å². The van der Waals surface area contributed by atoms with Crippen molar-refractivity contribution in [2.75, 3.05) is 17.7 Å². The minimum absolute atomic E-state index is 0.0952. The fourth-order valence-corrected chi connectivity index (χ4v) is 2.60. The molecule has 1 aromatic heterocycles. The first-order valence-electron chi connectivity index (χ1n) is 7.73. The van der Waals surface area contributed by atoms with Crippen molar-refractivity contribution in [2.24, 2.45) is 0 Å². The number of anilines is 4. The molecule has 0 radical (unpaired) electrons. The Balaban J connectivity index is 1.82. The van der Waals surface area contributed by atoms with Gasteiger partial charge in [0.25, 0.3) is 0 Å². The normalized spacial score (nSPS) is 11.1. The van der Waals surface area contributed by atoms with Gasteiger partial charge in [0, 0.05) is 11.9 Å². The number of alkyl halides is 3. The lowest BCUT2D eigenvalue weighted by Crippen LogP contribution is -2.09. The van der Waals surface area contributed by atoms with Crippen molar-refractivity contribution in [3.8, 4) is 5.75 Å². The van der Waals surface area contributed by atoms with Gasteiger partial charge in [0.05, 0.1) is 23.4 Å². The van der Waals surface area contributed by atoms with E-state index in [1.54, 1.807) is 18.2 Å². The highest BCUT2D eigenvalue weighted by molar-refractivity contribution is 6.32. The van der Waals surface area contributed by atoms with Crippen molar-refractivity contribution < 1.29 is 17.9 Å². The number of halogens is 4. The maximum atomic E-state index is 13.1. The molecule has 0 bridgehead atoms. The SMILES string of the molecule is COc1ccc(Nc2nccc(Nc3ccccc3C(F)(F)F)n2)cc1Cl. The number of benzene rings is 2. The molecule has 0 aliphatic rings. The summed E-state index contributed by atoms with van der Waals surface area (Å²) >= 11 is 6.07. The van der Waals surface area contributed by atoms with E-state index in [0.29, 0.717) is 16.5 Å². The molecule has 5 nitrogen and oxygen atoms in total. The minimum atomic E-state index is -4.47. The van der Waals surface area contributed by atoms with Crippen LogP contribution in [0.25, 0.3) is 0 Å². The zero-order valence-electron chi connectivity index (χ0n) is 14.0. The van der Waals surface area contributed by atoms with Crippen molar-refractivity contribution in [3.05, 3.63) is 65.3 Å². The molecule has 27 heavy (non-hydrogen) atoms. The Hall–Kier alpha value is -3.00. The van der Waals surface area contributed by atoms with Gasteiger partial charge in [0.1, 0.15) is 11.6 Å². The smallest absolute Gasteiger partial charge is 0.418 e. The van der Waals surface area contributed by atoms with Gasteiger partial charge in [-0.05, 0) is 36.4 Å². The lowest BCUT2D eigenvalue weighted by Gasteiger charge is -2.14. The molecule has 0 aliphatic carbocycles. The van der Waals surface area contributed by atoms with Gasteiger partial charge in [-0.3, -0.25) is 0 Å². The van der Waals surface area contributed by atoms with E-state index in [9.17, 15) is 13.2 Å². The van der Waals surface area contributed by atoms with E-state index in [0.717, 1.165) is 6.07 Å². The van der Waals surface area contributed by atoms with E-state index in [1.165, 1.54) is 37.6 Å². The summed E-state index contributed by atoms with van der Waals surface area (Å²) < 4.78 is 44.4. The second-order valence-electron chi connectivity index (χ2n) is 5.41. The van der Waals surface area contributed by atoms with Gasteiger partial charge in [0.15, 0.2) is 0 Å². The molecule has 0 unspecified atom stereocenters. The van der Waals surface area contributed by atoms with Crippen molar-refractivity contribution in [2.45, 2.75) is 6.18 Å². The molecule has 2 N–H and O–H groups in total. The largest absolute Gasteiger partial charge is 0.495 e. The number of methoxy groups -OCH3 is 1. The lowest BCUT2D eigenvalue weighted by atomic mass is 10.1. The van der Waals surface area contributed by atoms with Crippen LogP contribution in [-0.2, 0) is 6.18 Å². The second kappa shape index (κ2) is 7.71. The quantitative estimate of drug-likeness (QED) is 0.586. The fraction of sp³-hybridized carbons (Fsp3) is 0.111. The Morgan fingerprint density at radius 1 is 1.04 bits per heavy atom. The average molecular weight is 395 g/mol. The maximum absolute atomic E-state index is 13.1. The van der Waals surface area contributed by atoms with E-state index in [4.69, 9.17) is 16.3 Å². The molecule has 3 aromatic rings. The van der Waals surface area contributed by atoms with Crippen molar-refractivity contribution in [1.82, 2.24) is 9.97 Å². The summed E-state index contributed by atoms with van der Waals surface area (Å²) in [5.41, 5.74) is -0.268. The van der Waals surface area contributed by atoms with Crippen molar-refractivity contribution in [3.63, 3.8) is 0 Å². The zero-order chi connectivity index (χ0) is 19.4. The minimum Gasteiger partial charge on any atom is -0.495 e. The highest BCUT2D eigenvalue weighted by atomic mass is 35.5. The molecular weight excluding hydrogens is 381 g/mol. The summed E-state index contributed by atoms with van der Waals surface area (Å²) in [6.07, 6.45) is -3.05. The molecule has 0 atom stereocenters. The molecular formula is C18H14ClF3N4O. The summed E-state index contributed by atoms with van der Waals surface area (Å²) in [4.78, 5) is 8.24. The first-order chi connectivity index (χ1) is 12.9. The number of rotatable bonds is 5. The Labute approximate surface area is 158 Å². The molecule has 0 aliphatic heterocycles. The number of para-hydroxylation sites is 1. The van der Waals surface area contributed by atoms with Crippen LogP contribution >= 0.6 is 11.6 Å². The van der Waals surface area contributed by atoms with Crippen LogP contribution in [0.15, 0.2) is 54.7 Å². The number of hydrogen-bond donors (Lipinski definition) is 2. The molecule has 0 amide bonds. The van der Waals surface area contributed by atoms with Crippen LogP contribution in [0.4, 0.5) is 36.3 Å². The molecule has 140 valence electrons. The Morgan fingerprint density at radius 2 is 1.81 bits per heavy atom. The van der Waals surface area contributed by atoms with Gasteiger partial charge in [-0.15, -0.1) is 0 Å². The predicted octanol–water partition coefficient (Wildman–Crippen LogP) is 5.64. The van der Waals surface area contributed by atoms with Gasteiger partial charge < -0.3 is 15.4 Å². The van der Waals surface area contributed by atoms with Crippen LogP contribution in [0.1, 0.15) is 5.56 Å². The van der Waals surface area contributed by atoms with Gasteiger partial charge in [-0.2, -0.15) is 18.2 Å². The lowest BCUT2D eigenvalue weighted by molar-refractivity contribution is -0.136. The van der Waals surface area contributed by atoms with E-state index in [1.807, 2.05) is 0 Å². The Kier molecular flexibility index (Phi) is 5.36. The molecule has 1 heterocycles. The summed E-state index contributed by atoms with van der Waals surface area (Å²) in [5.74, 6) is 0.928. The molecule has 2 aromatic carbocycles. The third-order valence-electron chi connectivity index (χ3n) is 3.56. The molecule has 0 spiro atoms. The Morgan fingerprint density at radius 3 is 2.52 bits per heavy atom. The van der Waals surface area contributed by atoms with Gasteiger partial charge >= 0.3 is 6.18 Å². The highest BCUT2D eigenvalue weighted by Gasteiger charge is 2.33. The number of nitrogens with one attached hydrogen (secondary N) is 2. The number of ether oxygens (including phenoxy) is 1. The van der Waals surface area contributed by atoms with Crippen LogP contribution in [0.5, 0.6) is 5.75 Å². The van der Waals surface area contributed by atoms with Crippen LogP contribution < -0.4 is 15.4 Å². The summed E-state index contributed by atoms with van der Waals surface area (Å²) in [5, 5.41) is 6.02. The zero-order valence-corrected chi connectivity index (χ0v) is 14.8. The summed E-state index contributed by atoms with van der Waals surface area (Å²) in [6, 6.07) is 11.7. The summed E-state index contributed by atoms with van der Waals surface area (Å²) in [6.45, 7) is 0. The molecule has 0 saturated heterocycles. The van der Waals surface area contributed by atoms with Crippen molar-refractivity contribution >= 4 is 34.7 Å². The fourth-order valence-electron chi connectivity index (χ4n) is 2.34. The molecule has 9 heteroatoms. The van der Waals surface area contributed by atoms with Crippen LogP contribution in [0.3, 0.4) is 0 Å². The number of nitrogens with zero attached hydrogens (tertiary/aromatic N) is 2. The average Bonchev–Trinajstić information content (AvgIpc) is 2.62. The third kappa shape index (κ3) is 4.59. The number of aromatic nitrogens is 2. The van der Waals surface area contributed by atoms with Gasteiger partial charge in [0.2, 0.25) is 5.95 Å². The van der Waals surface area contributed by atoms with E-state index in [-0.39, 0.29) is 17.5 Å². The number of hydrogen-bond acceptors (Lipinski definition) is 5. The molecule has 0 saturated carbocycles. The maximum Gasteiger partial charge on any atom is 0.418 e. The second-order valence-corrected chi connectivity index (χ2v) is 5.82. The van der Waals surface area contributed by atoms with E-state index in [2.05, 4.69) is 20.6 Å². The van der Waals surface area contributed by atoms with Gasteiger partial charge in [-0.1, -0.05) is 23.7 Å². The van der Waals surface area contributed by atoms with E-state index < -0.39 is 11.7 Å². The standard InChI is InChI=1S/C18H14ClF3N4O/c1-27-15-7-6-11(10-13(15)19)24-17-23-9-8-16(26-17)25-14-5-3-2-4-12(14)18(20,21)22/h2-10H,1H3,(H2,23,24,25,26). The molecule has 0 fully saturated rings. The van der Waals surface area contributed by atoms with E-state index >= 15 is 0 Å². The predicted molar refractivity (Wildman–Crippen MR) is 98.0 cm³/mol. The van der Waals surface area contributed by atoms with Crippen molar-refractivity contribution in [1.29, 1.82) is 0 Å². The monoisotopic (exact) mass is 394 g/mol. The summed E-state index contributed by atoms with van der Waals surface area (Å²) in [7, 11) is 1.51. The van der Waals surface area contributed by atoms with Crippen LogP contribution in [0.2, 0.25) is 5.02 Å². The molecule has 3 rings (SSSR count). The topological polar surface area (TPSA) is 59.1 Å². The first-order valence-corrected chi connectivity index (χ1v) is 8.11. The highest BCUT2D eigenvalue weighted by Crippen LogP contribution is 2.35. The first kappa shape index (κ1) is 18.8.